The Balaban J connectivity index is 1.55. The third-order valence-electron chi connectivity index (χ3n) is 5.20. The first-order chi connectivity index (χ1) is 14.4. The van der Waals surface area contributed by atoms with E-state index in [0.29, 0.717) is 43.5 Å². The number of sulfonamides is 1. The Morgan fingerprint density at radius 2 is 1.90 bits per heavy atom. The first-order valence-corrected chi connectivity index (χ1v) is 11.3. The molecule has 0 aromatic heterocycles. The second-order valence-corrected chi connectivity index (χ2v) is 9.15. The molecule has 3 rings (SSSR count). The standard InChI is InChI=1S/C19H27N3O7S/c1-27-16-4-3-15(12-17(16)28-2)22-13-14(11-18(22)23)19(24)20-5-10-30(25,26)21-6-8-29-9-7-21/h3-4,12,14H,5-11,13H2,1-2H3,(H,20,24). The first kappa shape index (κ1) is 22.3. The predicted molar refractivity (Wildman–Crippen MR) is 109 cm³/mol. The van der Waals surface area contributed by atoms with Crippen LogP contribution >= 0.6 is 0 Å². The van der Waals surface area contributed by atoms with E-state index < -0.39 is 15.9 Å². The molecule has 10 nitrogen and oxygen atoms in total. The minimum atomic E-state index is -3.45. The lowest BCUT2D eigenvalue weighted by Crippen LogP contribution is -2.44. The molecule has 1 aromatic rings. The monoisotopic (exact) mass is 441 g/mol. The van der Waals surface area contributed by atoms with E-state index in [2.05, 4.69) is 5.32 Å². The minimum absolute atomic E-state index is 0.000424. The van der Waals surface area contributed by atoms with E-state index >= 15 is 0 Å². The van der Waals surface area contributed by atoms with Crippen molar-refractivity contribution in [1.82, 2.24) is 9.62 Å². The van der Waals surface area contributed by atoms with Crippen molar-refractivity contribution in [3.05, 3.63) is 18.2 Å². The van der Waals surface area contributed by atoms with Crippen LogP contribution in [-0.4, -0.2) is 83.9 Å². The van der Waals surface area contributed by atoms with E-state index in [9.17, 15) is 18.0 Å². The molecular weight excluding hydrogens is 414 g/mol. The second kappa shape index (κ2) is 9.63. The number of rotatable bonds is 8. The van der Waals surface area contributed by atoms with Crippen LogP contribution in [0, 0.1) is 5.92 Å². The van der Waals surface area contributed by atoms with Gasteiger partial charge < -0.3 is 24.4 Å². The maximum atomic E-state index is 12.5. The third-order valence-corrected chi connectivity index (χ3v) is 7.07. The highest BCUT2D eigenvalue weighted by Gasteiger charge is 2.35. The van der Waals surface area contributed by atoms with Crippen LogP contribution in [0.1, 0.15) is 6.42 Å². The normalized spacial score (nSPS) is 20.3. The second-order valence-electron chi connectivity index (χ2n) is 7.06. The van der Waals surface area contributed by atoms with Crippen LogP contribution in [0.2, 0.25) is 0 Å². The molecule has 2 fully saturated rings. The summed E-state index contributed by atoms with van der Waals surface area (Å²) in [5, 5.41) is 2.65. The van der Waals surface area contributed by atoms with E-state index in [1.165, 1.54) is 23.4 Å². The molecule has 2 amide bonds. The molecule has 2 aliphatic heterocycles. The van der Waals surface area contributed by atoms with Crippen molar-refractivity contribution in [2.45, 2.75) is 6.42 Å². The van der Waals surface area contributed by atoms with Crippen molar-refractivity contribution < 1.29 is 32.2 Å². The Kier molecular flexibility index (Phi) is 7.16. The molecular formula is C19H27N3O7S. The number of carbonyl (C=O) groups excluding carboxylic acids is 2. The zero-order chi connectivity index (χ0) is 21.7. The quantitative estimate of drug-likeness (QED) is 0.596. The van der Waals surface area contributed by atoms with Crippen LogP contribution in [0.25, 0.3) is 0 Å². The van der Waals surface area contributed by atoms with E-state index in [-0.39, 0.29) is 37.1 Å². The largest absolute Gasteiger partial charge is 0.493 e. The summed E-state index contributed by atoms with van der Waals surface area (Å²) in [7, 11) is -0.411. The molecule has 1 unspecified atom stereocenters. The summed E-state index contributed by atoms with van der Waals surface area (Å²) in [6, 6.07) is 5.12. The Bertz CT molecular complexity index is 884. The van der Waals surface area contributed by atoms with Gasteiger partial charge in [-0.05, 0) is 12.1 Å². The number of carbonyl (C=O) groups is 2. The molecule has 0 saturated carbocycles. The SMILES string of the molecule is COc1ccc(N2CC(C(=O)NCCS(=O)(=O)N3CCOCC3)CC2=O)cc1OC. The number of ether oxygens (including phenoxy) is 3. The van der Waals surface area contributed by atoms with Crippen LogP contribution in [-0.2, 0) is 24.3 Å². The zero-order valence-electron chi connectivity index (χ0n) is 17.1. The number of nitrogens with one attached hydrogen (secondary N) is 1. The number of hydrogen-bond donors (Lipinski definition) is 1. The van der Waals surface area contributed by atoms with E-state index in [1.807, 2.05) is 0 Å². The van der Waals surface area contributed by atoms with Gasteiger partial charge in [0.2, 0.25) is 21.8 Å². The summed E-state index contributed by atoms with van der Waals surface area (Å²) >= 11 is 0. The van der Waals surface area contributed by atoms with Crippen LogP contribution in [0.4, 0.5) is 5.69 Å². The van der Waals surface area contributed by atoms with Crippen molar-refractivity contribution >= 4 is 27.5 Å². The number of hydrogen-bond acceptors (Lipinski definition) is 7. The van der Waals surface area contributed by atoms with Gasteiger partial charge in [0.05, 0.1) is 39.1 Å². The predicted octanol–water partition coefficient (Wildman–Crippen LogP) is -0.165. The maximum absolute atomic E-state index is 12.5. The Hall–Kier alpha value is -2.37. The van der Waals surface area contributed by atoms with E-state index in [0.717, 1.165) is 0 Å². The van der Waals surface area contributed by atoms with Crippen LogP contribution < -0.4 is 19.7 Å². The maximum Gasteiger partial charge on any atom is 0.227 e. The van der Waals surface area contributed by atoms with Gasteiger partial charge in [-0.3, -0.25) is 9.59 Å². The number of amides is 2. The lowest BCUT2D eigenvalue weighted by Gasteiger charge is -2.26. The molecule has 2 aliphatic rings. The number of morpholine rings is 1. The Labute approximate surface area is 176 Å². The van der Waals surface area contributed by atoms with Crippen LogP contribution in [0.15, 0.2) is 18.2 Å². The average molecular weight is 442 g/mol. The minimum Gasteiger partial charge on any atom is -0.493 e. The van der Waals surface area contributed by atoms with Gasteiger partial charge in [-0.15, -0.1) is 0 Å². The van der Waals surface area contributed by atoms with Crippen molar-refractivity contribution in [3.8, 4) is 11.5 Å². The van der Waals surface area contributed by atoms with Crippen LogP contribution in [0.3, 0.4) is 0 Å². The average Bonchev–Trinajstić information content (AvgIpc) is 3.15. The van der Waals surface area contributed by atoms with Gasteiger partial charge in [0.1, 0.15) is 0 Å². The van der Waals surface area contributed by atoms with Gasteiger partial charge >= 0.3 is 0 Å². The summed E-state index contributed by atoms with van der Waals surface area (Å²) in [4.78, 5) is 26.5. The van der Waals surface area contributed by atoms with Gasteiger partial charge in [-0.1, -0.05) is 0 Å². The fraction of sp³-hybridized carbons (Fsp3) is 0.579. The van der Waals surface area contributed by atoms with Gasteiger partial charge in [0.15, 0.2) is 11.5 Å². The summed E-state index contributed by atoms with van der Waals surface area (Å²) in [5.74, 6) is -0.199. The molecule has 0 spiro atoms. The van der Waals surface area contributed by atoms with E-state index in [4.69, 9.17) is 14.2 Å². The number of methoxy groups -OCH3 is 2. The first-order valence-electron chi connectivity index (χ1n) is 9.71. The van der Waals surface area contributed by atoms with Gasteiger partial charge in [0.25, 0.3) is 0 Å². The van der Waals surface area contributed by atoms with Gasteiger partial charge in [-0.25, -0.2) is 8.42 Å². The Morgan fingerprint density at radius 3 is 2.57 bits per heavy atom. The van der Waals surface area contributed by atoms with Crippen molar-refractivity contribution in [1.29, 1.82) is 0 Å². The summed E-state index contributed by atoms with van der Waals surface area (Å²) < 4.78 is 41.7. The Morgan fingerprint density at radius 1 is 1.20 bits per heavy atom. The molecule has 1 atom stereocenters. The fourth-order valence-corrected chi connectivity index (χ4v) is 4.85. The van der Waals surface area contributed by atoms with Crippen molar-refractivity contribution in [2.24, 2.45) is 5.92 Å². The van der Waals surface area contributed by atoms with Gasteiger partial charge in [0, 0.05) is 44.4 Å². The fourth-order valence-electron chi connectivity index (χ4n) is 3.53. The molecule has 11 heteroatoms. The highest BCUT2D eigenvalue weighted by molar-refractivity contribution is 7.89. The highest BCUT2D eigenvalue weighted by atomic mass is 32.2. The highest BCUT2D eigenvalue weighted by Crippen LogP contribution is 2.34. The van der Waals surface area contributed by atoms with Gasteiger partial charge in [-0.2, -0.15) is 4.31 Å². The third kappa shape index (κ3) is 5.02. The molecule has 0 bridgehead atoms. The molecule has 30 heavy (non-hydrogen) atoms. The zero-order valence-corrected chi connectivity index (χ0v) is 17.9. The number of nitrogens with zero attached hydrogens (tertiary/aromatic N) is 2. The summed E-state index contributed by atoms with van der Waals surface area (Å²) in [5.41, 5.74) is 0.614. The molecule has 0 aliphatic carbocycles. The molecule has 0 radical (unpaired) electrons. The molecule has 2 saturated heterocycles. The van der Waals surface area contributed by atoms with Crippen LogP contribution in [0.5, 0.6) is 11.5 Å². The number of benzene rings is 1. The summed E-state index contributed by atoms with van der Waals surface area (Å²) in [6.45, 7) is 1.63. The lowest BCUT2D eigenvalue weighted by atomic mass is 10.1. The van der Waals surface area contributed by atoms with Crippen molar-refractivity contribution in [2.75, 3.05) is 64.3 Å². The molecule has 1 aromatic carbocycles. The number of anilines is 1. The van der Waals surface area contributed by atoms with E-state index in [1.54, 1.807) is 18.2 Å². The molecule has 1 N–H and O–H groups in total. The lowest BCUT2D eigenvalue weighted by molar-refractivity contribution is -0.126. The summed E-state index contributed by atoms with van der Waals surface area (Å²) in [6.07, 6.45) is 0.0659. The van der Waals surface area contributed by atoms with Crippen molar-refractivity contribution in [3.63, 3.8) is 0 Å². The topological polar surface area (TPSA) is 114 Å². The smallest absolute Gasteiger partial charge is 0.227 e. The molecule has 2 heterocycles. The molecule has 166 valence electrons.